The molecule has 3 rings (SSSR count). The minimum Gasteiger partial charge on any atom is -0.480 e. The summed E-state index contributed by atoms with van der Waals surface area (Å²) in [5, 5.41) is 10.5. The van der Waals surface area contributed by atoms with E-state index in [1.54, 1.807) is 30.5 Å². The average Bonchev–Trinajstić information content (AvgIpc) is 2.92. The van der Waals surface area contributed by atoms with E-state index < -0.39 is 30.3 Å². The first-order valence-corrected chi connectivity index (χ1v) is 9.45. The van der Waals surface area contributed by atoms with E-state index in [1.165, 1.54) is 6.07 Å². The molecule has 3 aromatic rings. The quantitative estimate of drug-likeness (QED) is 0.212. The Morgan fingerprint density at radius 2 is 2.04 bits per heavy atom. The maximum atomic E-state index is 13.1. The SMILES string of the molecule is CSc1nc(Cl)cc2n(COCc3ccccc3)c(C(=O)C(F)(F)F)c(O)[n+]12. The van der Waals surface area contributed by atoms with Crippen molar-refractivity contribution in [2.45, 2.75) is 24.7 Å². The lowest BCUT2D eigenvalue weighted by molar-refractivity contribution is -0.568. The number of aromatic hydroxyl groups is 1. The summed E-state index contributed by atoms with van der Waals surface area (Å²) in [4.78, 5) is 15.9. The standard InChI is InChI=1S/C17H13ClF3N3O3S/c1-28-16-22-11(18)7-12-23(9-27-8-10-5-3-2-4-6-10)13(15(26)24(12)16)14(25)17(19,20)21/h2-7H,8-9H2,1H3/p+1. The molecule has 0 bridgehead atoms. The van der Waals surface area contributed by atoms with Crippen LogP contribution in [0.1, 0.15) is 16.1 Å². The molecule has 0 fully saturated rings. The fraction of sp³-hybridized carbons (Fsp3) is 0.235. The van der Waals surface area contributed by atoms with Crippen LogP contribution in [0.2, 0.25) is 5.15 Å². The number of nitrogens with zero attached hydrogens (tertiary/aromatic N) is 3. The van der Waals surface area contributed by atoms with Crippen molar-refractivity contribution in [1.29, 1.82) is 0 Å². The van der Waals surface area contributed by atoms with Crippen LogP contribution in [0.4, 0.5) is 13.2 Å². The molecular weight excluding hydrogens is 419 g/mol. The van der Waals surface area contributed by atoms with Gasteiger partial charge in [0.15, 0.2) is 6.73 Å². The summed E-state index contributed by atoms with van der Waals surface area (Å²) in [6.45, 7) is -0.315. The van der Waals surface area contributed by atoms with Crippen molar-refractivity contribution in [3.8, 4) is 5.88 Å². The molecule has 0 aliphatic rings. The predicted molar refractivity (Wildman–Crippen MR) is 95.5 cm³/mol. The fourth-order valence-electron chi connectivity index (χ4n) is 2.64. The lowest BCUT2D eigenvalue weighted by atomic mass is 10.2. The highest BCUT2D eigenvalue weighted by Gasteiger charge is 2.47. The topological polar surface area (TPSA) is 68.5 Å². The van der Waals surface area contributed by atoms with Gasteiger partial charge in [-0.25, -0.2) is 4.57 Å². The summed E-state index contributed by atoms with van der Waals surface area (Å²) in [6.07, 6.45) is -3.57. The molecule has 11 heteroatoms. The number of ether oxygens (including phenoxy) is 1. The van der Waals surface area contributed by atoms with Crippen molar-refractivity contribution >= 4 is 34.8 Å². The number of aromatic nitrogens is 3. The number of carbonyl (C=O) groups excluding carboxylic acids is 1. The normalized spacial score (nSPS) is 11.9. The monoisotopic (exact) mass is 432 g/mol. The van der Waals surface area contributed by atoms with Gasteiger partial charge in [0.2, 0.25) is 16.5 Å². The minimum atomic E-state index is -5.18. The predicted octanol–water partition coefficient (Wildman–Crippen LogP) is 3.62. The zero-order chi connectivity index (χ0) is 20.5. The molecule has 148 valence electrons. The third kappa shape index (κ3) is 3.94. The molecule has 0 unspecified atom stereocenters. The van der Waals surface area contributed by atoms with Gasteiger partial charge in [0.25, 0.3) is 0 Å². The van der Waals surface area contributed by atoms with Gasteiger partial charge >= 0.3 is 23.0 Å². The van der Waals surface area contributed by atoms with Crippen LogP contribution in [-0.2, 0) is 18.1 Å². The van der Waals surface area contributed by atoms with Gasteiger partial charge in [-0.2, -0.15) is 17.6 Å². The van der Waals surface area contributed by atoms with E-state index in [2.05, 4.69) is 4.98 Å². The van der Waals surface area contributed by atoms with E-state index in [4.69, 9.17) is 16.3 Å². The van der Waals surface area contributed by atoms with Crippen LogP contribution in [0, 0.1) is 0 Å². The van der Waals surface area contributed by atoms with E-state index in [9.17, 15) is 23.1 Å². The van der Waals surface area contributed by atoms with Gasteiger partial charge in [0.1, 0.15) is 0 Å². The molecule has 0 spiro atoms. The molecule has 0 aliphatic heterocycles. The molecule has 28 heavy (non-hydrogen) atoms. The Hall–Kier alpha value is -2.30. The van der Waals surface area contributed by atoms with Crippen molar-refractivity contribution in [3.05, 3.63) is 52.8 Å². The Morgan fingerprint density at radius 3 is 2.64 bits per heavy atom. The molecule has 0 radical (unpaired) electrons. The Labute approximate surface area is 166 Å². The van der Waals surface area contributed by atoms with Gasteiger partial charge in [-0.05, 0) is 23.4 Å². The average molecular weight is 433 g/mol. The lowest BCUT2D eigenvalue weighted by Crippen LogP contribution is -2.26. The number of fused-ring (bicyclic) bond motifs is 1. The van der Waals surface area contributed by atoms with Crippen LogP contribution in [0.3, 0.4) is 0 Å². The highest BCUT2D eigenvalue weighted by Crippen LogP contribution is 2.29. The molecule has 6 nitrogen and oxygen atoms in total. The smallest absolute Gasteiger partial charge is 0.458 e. The number of imidazole rings is 1. The number of carbonyl (C=O) groups is 1. The molecule has 0 saturated heterocycles. The first kappa shape index (κ1) is 20.4. The highest BCUT2D eigenvalue weighted by atomic mass is 35.5. The minimum absolute atomic E-state index is 0.00262. The molecule has 0 amide bonds. The van der Waals surface area contributed by atoms with Crippen molar-refractivity contribution in [3.63, 3.8) is 0 Å². The van der Waals surface area contributed by atoms with E-state index in [0.29, 0.717) is 0 Å². The van der Waals surface area contributed by atoms with E-state index in [0.717, 1.165) is 26.3 Å². The lowest BCUT2D eigenvalue weighted by Gasteiger charge is -2.08. The molecule has 0 saturated carbocycles. The Morgan fingerprint density at radius 1 is 1.36 bits per heavy atom. The number of ketones is 1. The highest BCUT2D eigenvalue weighted by molar-refractivity contribution is 7.98. The molecule has 2 heterocycles. The molecule has 0 atom stereocenters. The maximum Gasteiger partial charge on any atom is 0.458 e. The number of Topliss-reactive ketones (excluding diaryl/α,β-unsaturated/α-hetero) is 1. The van der Waals surface area contributed by atoms with Gasteiger partial charge in [0.05, 0.1) is 12.7 Å². The van der Waals surface area contributed by atoms with Crippen LogP contribution in [0.5, 0.6) is 5.88 Å². The third-order valence-electron chi connectivity index (χ3n) is 3.83. The van der Waals surface area contributed by atoms with Crippen LogP contribution in [-0.4, -0.2) is 32.9 Å². The van der Waals surface area contributed by atoms with Crippen LogP contribution >= 0.6 is 23.4 Å². The Kier molecular flexibility index (Phi) is 5.82. The van der Waals surface area contributed by atoms with Crippen LogP contribution in [0.25, 0.3) is 5.65 Å². The molecule has 0 aliphatic carbocycles. The van der Waals surface area contributed by atoms with Crippen LogP contribution in [0.15, 0.2) is 41.6 Å². The van der Waals surface area contributed by atoms with E-state index in [-0.39, 0.29) is 22.6 Å². The van der Waals surface area contributed by atoms with Crippen molar-refractivity contribution in [2.75, 3.05) is 6.26 Å². The second-order valence-corrected chi connectivity index (χ2v) is 6.81. The van der Waals surface area contributed by atoms with E-state index in [1.807, 2.05) is 6.07 Å². The largest absolute Gasteiger partial charge is 0.480 e. The van der Waals surface area contributed by atoms with Gasteiger partial charge in [-0.15, -0.1) is 0 Å². The summed E-state index contributed by atoms with van der Waals surface area (Å²) in [5.74, 6) is -3.07. The number of thioether (sulfide) groups is 1. The van der Waals surface area contributed by atoms with Gasteiger partial charge in [-0.3, -0.25) is 4.79 Å². The summed E-state index contributed by atoms with van der Waals surface area (Å²) < 4.78 is 46.8. The second kappa shape index (κ2) is 7.98. The number of hydrogen-bond acceptors (Lipinski definition) is 5. The van der Waals surface area contributed by atoms with Crippen LogP contribution < -0.4 is 4.40 Å². The number of alkyl halides is 3. The Bertz CT molecular complexity index is 1030. The third-order valence-corrected chi connectivity index (χ3v) is 4.66. The first-order valence-electron chi connectivity index (χ1n) is 7.85. The number of hydrogen-bond donors (Lipinski definition) is 1. The number of benzene rings is 1. The molecule has 1 aromatic carbocycles. The zero-order valence-electron chi connectivity index (χ0n) is 14.4. The van der Waals surface area contributed by atoms with Crippen molar-refractivity contribution in [1.82, 2.24) is 9.55 Å². The maximum absolute atomic E-state index is 13.1. The zero-order valence-corrected chi connectivity index (χ0v) is 16.0. The summed E-state index contributed by atoms with van der Waals surface area (Å²) >= 11 is 7.00. The van der Waals surface area contributed by atoms with Gasteiger partial charge in [-0.1, -0.05) is 47.1 Å². The van der Waals surface area contributed by atoms with E-state index >= 15 is 0 Å². The second-order valence-electron chi connectivity index (χ2n) is 5.65. The first-order chi connectivity index (χ1) is 13.2. The molecular formula is C17H14ClF3N3O3S+. The Balaban J connectivity index is 2.09. The van der Waals surface area contributed by atoms with Gasteiger partial charge < -0.3 is 9.84 Å². The summed E-state index contributed by atoms with van der Waals surface area (Å²) in [5.41, 5.74) is -0.105. The summed E-state index contributed by atoms with van der Waals surface area (Å²) in [6, 6.07) is 10.2. The van der Waals surface area contributed by atoms with Crippen molar-refractivity contribution in [2.24, 2.45) is 0 Å². The van der Waals surface area contributed by atoms with Crippen molar-refractivity contribution < 1.29 is 32.2 Å². The van der Waals surface area contributed by atoms with Gasteiger partial charge in [0, 0.05) is 0 Å². The molecule has 2 aromatic heterocycles. The molecule has 1 N–H and O–H groups in total. The fourth-order valence-corrected chi connectivity index (χ4v) is 3.42. The number of halogens is 4. The summed E-state index contributed by atoms with van der Waals surface area (Å²) in [7, 11) is 0. The number of rotatable bonds is 6.